The lowest BCUT2D eigenvalue weighted by molar-refractivity contribution is -0.384. The van der Waals surface area contributed by atoms with Gasteiger partial charge in [-0.05, 0) is 0 Å². The maximum Gasteiger partial charge on any atom is 0.286 e. The molecule has 0 bridgehead atoms. The van der Waals surface area contributed by atoms with E-state index in [-0.39, 0.29) is 12.0 Å². The zero-order valence-corrected chi connectivity index (χ0v) is 9.21. The molecule has 1 heterocycles. The quantitative estimate of drug-likeness (QED) is 0.237. The molecule has 0 aromatic carbocycles. The van der Waals surface area contributed by atoms with Crippen LogP contribution in [0, 0.1) is 10.1 Å². The lowest BCUT2D eigenvalue weighted by Gasteiger charge is -2.16. The second-order valence-corrected chi connectivity index (χ2v) is 3.19. The number of aliphatic hydroxyl groups is 4. The van der Waals surface area contributed by atoms with E-state index in [2.05, 4.69) is 4.98 Å². The summed E-state index contributed by atoms with van der Waals surface area (Å²) in [6.45, 7) is -0.688. The van der Waals surface area contributed by atoms with E-state index >= 15 is 0 Å². The molecule has 18 heavy (non-hydrogen) atoms. The van der Waals surface area contributed by atoms with Crippen LogP contribution in [0.3, 0.4) is 0 Å². The van der Waals surface area contributed by atoms with Crippen molar-refractivity contribution in [3.05, 3.63) is 28.6 Å². The molecule has 3 unspecified atom stereocenters. The molecular formula is C9H14N2O7. The first kappa shape index (κ1) is 16.2. The van der Waals surface area contributed by atoms with E-state index in [9.17, 15) is 14.9 Å². The molecule has 0 aliphatic heterocycles. The number of carbonyl (C=O) groups excluding carboxylic acids is 1. The molecule has 0 aliphatic carbocycles. The number of nitrogens with one attached hydrogen (secondary N) is 1. The monoisotopic (exact) mass is 262 g/mol. The SMILES string of the molecule is O=CC(O)C(O)C(O)CO.O=[N+]([O-])c1cc[nH]c1. The van der Waals surface area contributed by atoms with Gasteiger partial charge in [-0.25, -0.2) is 0 Å². The van der Waals surface area contributed by atoms with Crippen molar-refractivity contribution in [1.82, 2.24) is 4.98 Å². The molecular weight excluding hydrogens is 248 g/mol. The summed E-state index contributed by atoms with van der Waals surface area (Å²) >= 11 is 0. The molecule has 0 fully saturated rings. The molecule has 0 radical (unpaired) electrons. The van der Waals surface area contributed by atoms with E-state index in [1.165, 1.54) is 18.5 Å². The number of aromatic nitrogens is 1. The van der Waals surface area contributed by atoms with Crippen LogP contribution in [-0.4, -0.2) is 61.5 Å². The third kappa shape index (κ3) is 5.50. The van der Waals surface area contributed by atoms with Gasteiger partial charge < -0.3 is 30.2 Å². The highest BCUT2D eigenvalue weighted by atomic mass is 16.6. The third-order valence-electron chi connectivity index (χ3n) is 1.86. The van der Waals surface area contributed by atoms with E-state index in [1.54, 1.807) is 0 Å². The molecule has 0 saturated carbocycles. The summed E-state index contributed by atoms with van der Waals surface area (Å²) in [5.41, 5.74) is 0.102. The van der Waals surface area contributed by atoms with Crippen molar-refractivity contribution >= 4 is 12.0 Å². The summed E-state index contributed by atoms with van der Waals surface area (Å²) in [4.78, 5) is 21.7. The van der Waals surface area contributed by atoms with Gasteiger partial charge in [0, 0.05) is 12.3 Å². The number of hydrogen-bond acceptors (Lipinski definition) is 7. The van der Waals surface area contributed by atoms with Gasteiger partial charge in [-0.3, -0.25) is 10.1 Å². The molecule has 1 rings (SSSR count). The van der Waals surface area contributed by atoms with Crippen LogP contribution in [0.2, 0.25) is 0 Å². The predicted molar refractivity (Wildman–Crippen MR) is 58.6 cm³/mol. The predicted octanol–water partition coefficient (Wildman–Crippen LogP) is -1.82. The minimum Gasteiger partial charge on any atom is -0.394 e. The van der Waals surface area contributed by atoms with Crippen molar-refractivity contribution < 1.29 is 30.1 Å². The van der Waals surface area contributed by atoms with Crippen molar-refractivity contribution in [3.63, 3.8) is 0 Å². The van der Waals surface area contributed by atoms with Gasteiger partial charge in [-0.15, -0.1) is 0 Å². The Labute approximate surface area is 101 Å². The molecule has 0 aliphatic rings. The van der Waals surface area contributed by atoms with Gasteiger partial charge in [0.2, 0.25) is 0 Å². The second-order valence-electron chi connectivity index (χ2n) is 3.19. The highest BCUT2D eigenvalue weighted by Crippen LogP contribution is 2.05. The van der Waals surface area contributed by atoms with Crippen molar-refractivity contribution in [2.24, 2.45) is 0 Å². The minimum absolute atomic E-state index is 0.0869. The Kier molecular flexibility index (Phi) is 7.47. The fourth-order valence-corrected chi connectivity index (χ4v) is 0.845. The lowest BCUT2D eigenvalue weighted by Crippen LogP contribution is -2.40. The summed E-state index contributed by atoms with van der Waals surface area (Å²) in [5.74, 6) is 0. The number of aldehydes is 1. The van der Waals surface area contributed by atoms with Gasteiger partial charge >= 0.3 is 0 Å². The largest absolute Gasteiger partial charge is 0.394 e. The van der Waals surface area contributed by atoms with Crippen LogP contribution in [0.5, 0.6) is 0 Å². The molecule has 102 valence electrons. The van der Waals surface area contributed by atoms with E-state index in [4.69, 9.17) is 20.4 Å². The highest BCUT2D eigenvalue weighted by Gasteiger charge is 2.22. The van der Waals surface area contributed by atoms with E-state index < -0.39 is 29.8 Å². The Morgan fingerprint density at radius 3 is 2.33 bits per heavy atom. The smallest absolute Gasteiger partial charge is 0.286 e. The molecule has 5 N–H and O–H groups in total. The Hall–Kier alpha value is -1.81. The van der Waals surface area contributed by atoms with Crippen molar-refractivity contribution in [2.45, 2.75) is 18.3 Å². The summed E-state index contributed by atoms with van der Waals surface area (Å²) in [6, 6.07) is 1.40. The van der Waals surface area contributed by atoms with Gasteiger partial charge in [0.25, 0.3) is 5.69 Å². The summed E-state index contributed by atoms with van der Waals surface area (Å²) < 4.78 is 0. The minimum atomic E-state index is -1.64. The standard InChI is InChI=1S/C5H10O5.C4H4N2O2/c6-1-3(8)5(10)4(9)2-7;7-6(8)4-1-2-5-3-4/h1,3-5,7-10H,2H2;1-3,5H. The Bertz CT molecular complexity index is 354. The van der Waals surface area contributed by atoms with Crippen LogP contribution >= 0.6 is 0 Å². The average Bonchev–Trinajstić information content (AvgIpc) is 2.90. The summed E-state index contributed by atoms with van der Waals surface area (Å²) in [7, 11) is 0. The first-order valence-electron chi connectivity index (χ1n) is 4.81. The third-order valence-corrected chi connectivity index (χ3v) is 1.86. The number of aromatic amines is 1. The average molecular weight is 262 g/mol. The van der Waals surface area contributed by atoms with Crippen molar-refractivity contribution in [3.8, 4) is 0 Å². The van der Waals surface area contributed by atoms with Gasteiger partial charge in [0.15, 0.2) is 6.29 Å². The molecule has 1 aromatic heterocycles. The van der Waals surface area contributed by atoms with Gasteiger partial charge in [-0.2, -0.15) is 0 Å². The molecule has 3 atom stereocenters. The molecule has 0 saturated heterocycles. The molecule has 0 spiro atoms. The van der Waals surface area contributed by atoms with E-state index in [0.717, 1.165) is 0 Å². The Balaban J connectivity index is 0.000000327. The number of H-pyrrole nitrogens is 1. The zero-order valence-electron chi connectivity index (χ0n) is 9.21. The number of hydrogen-bond donors (Lipinski definition) is 5. The normalized spacial score (nSPS) is 14.9. The maximum atomic E-state index is 9.85. The number of carbonyl (C=O) groups is 1. The van der Waals surface area contributed by atoms with Crippen LogP contribution in [-0.2, 0) is 4.79 Å². The van der Waals surface area contributed by atoms with Crippen LogP contribution in [0.1, 0.15) is 0 Å². The van der Waals surface area contributed by atoms with Gasteiger partial charge in [0.1, 0.15) is 18.3 Å². The maximum absolute atomic E-state index is 9.85. The van der Waals surface area contributed by atoms with Gasteiger partial charge in [-0.1, -0.05) is 0 Å². The Morgan fingerprint density at radius 2 is 2.06 bits per heavy atom. The summed E-state index contributed by atoms with van der Waals surface area (Å²) in [5, 5.41) is 43.9. The number of rotatable bonds is 5. The van der Waals surface area contributed by atoms with Crippen LogP contribution in [0.4, 0.5) is 5.69 Å². The van der Waals surface area contributed by atoms with E-state index in [0.29, 0.717) is 0 Å². The number of nitrogens with zero attached hydrogens (tertiary/aromatic N) is 1. The first-order chi connectivity index (χ1) is 8.43. The van der Waals surface area contributed by atoms with Crippen LogP contribution < -0.4 is 0 Å². The summed E-state index contributed by atoms with van der Waals surface area (Å²) in [6.07, 6.45) is -1.79. The zero-order chi connectivity index (χ0) is 14.1. The molecule has 9 heteroatoms. The molecule has 1 aromatic rings. The fourth-order valence-electron chi connectivity index (χ4n) is 0.845. The Morgan fingerprint density at radius 1 is 1.44 bits per heavy atom. The lowest BCUT2D eigenvalue weighted by atomic mass is 10.1. The second kappa shape index (κ2) is 8.31. The highest BCUT2D eigenvalue weighted by molar-refractivity contribution is 5.56. The fraction of sp³-hybridized carbons (Fsp3) is 0.444. The molecule has 0 amide bonds. The topological polar surface area (TPSA) is 157 Å². The van der Waals surface area contributed by atoms with Crippen LogP contribution in [0.25, 0.3) is 0 Å². The first-order valence-corrected chi connectivity index (χ1v) is 4.81. The van der Waals surface area contributed by atoms with Crippen molar-refractivity contribution in [2.75, 3.05) is 6.61 Å². The van der Waals surface area contributed by atoms with Crippen LogP contribution in [0.15, 0.2) is 18.5 Å². The number of nitro groups is 1. The van der Waals surface area contributed by atoms with Crippen molar-refractivity contribution in [1.29, 1.82) is 0 Å². The van der Waals surface area contributed by atoms with E-state index in [1.807, 2.05) is 0 Å². The number of aliphatic hydroxyl groups excluding tert-OH is 4. The van der Waals surface area contributed by atoms with Gasteiger partial charge in [0.05, 0.1) is 17.7 Å². The molecule has 9 nitrogen and oxygen atoms in total.